The van der Waals surface area contributed by atoms with Crippen LogP contribution in [-0.4, -0.2) is 22.5 Å². The fourth-order valence-corrected chi connectivity index (χ4v) is 2.37. The minimum atomic E-state index is -0.117. The van der Waals surface area contributed by atoms with E-state index in [1.807, 2.05) is 18.2 Å². The fourth-order valence-electron chi connectivity index (χ4n) is 2.37. The van der Waals surface area contributed by atoms with Crippen LogP contribution in [0, 0.1) is 6.92 Å². The Morgan fingerprint density at radius 1 is 1.37 bits per heavy atom. The van der Waals surface area contributed by atoms with Crippen LogP contribution in [0.4, 0.5) is 5.69 Å². The number of aromatic nitrogens is 1. The van der Waals surface area contributed by atoms with Gasteiger partial charge in [-0.15, -0.1) is 0 Å². The Morgan fingerprint density at radius 2 is 2.21 bits per heavy atom. The number of nitrogen functional groups attached to an aromatic ring is 1. The average molecular weight is 257 g/mol. The van der Waals surface area contributed by atoms with E-state index in [1.165, 1.54) is 5.56 Å². The van der Waals surface area contributed by atoms with Gasteiger partial charge < -0.3 is 15.2 Å². The van der Waals surface area contributed by atoms with Gasteiger partial charge in [0.2, 0.25) is 5.76 Å². The molecular weight excluding hydrogens is 242 g/mol. The summed E-state index contributed by atoms with van der Waals surface area (Å²) in [7, 11) is 0. The summed E-state index contributed by atoms with van der Waals surface area (Å²) in [4.78, 5) is 14.0. The highest BCUT2D eigenvalue weighted by molar-refractivity contribution is 5.91. The minimum Gasteiger partial charge on any atom is -0.399 e. The number of nitrogens with two attached hydrogens (primary N) is 1. The van der Waals surface area contributed by atoms with Crippen LogP contribution in [0.1, 0.15) is 27.4 Å². The first-order valence-electron chi connectivity index (χ1n) is 6.23. The molecule has 0 unspecified atom stereocenters. The molecule has 0 aliphatic carbocycles. The van der Waals surface area contributed by atoms with Gasteiger partial charge in [-0.3, -0.25) is 4.79 Å². The number of hydrogen-bond donors (Lipinski definition) is 1. The molecule has 0 spiro atoms. The van der Waals surface area contributed by atoms with Crippen molar-refractivity contribution in [2.75, 3.05) is 12.3 Å². The lowest BCUT2D eigenvalue weighted by Gasteiger charge is -2.28. The van der Waals surface area contributed by atoms with Crippen molar-refractivity contribution < 1.29 is 9.32 Å². The molecule has 5 nitrogen and oxygen atoms in total. The summed E-state index contributed by atoms with van der Waals surface area (Å²) in [5, 5.41) is 3.75. The van der Waals surface area contributed by atoms with Gasteiger partial charge in [0, 0.05) is 24.8 Å². The zero-order valence-electron chi connectivity index (χ0n) is 10.7. The van der Waals surface area contributed by atoms with Gasteiger partial charge in [-0.25, -0.2) is 0 Å². The second-order valence-corrected chi connectivity index (χ2v) is 4.84. The maximum atomic E-state index is 12.3. The molecule has 1 aromatic carbocycles. The molecule has 1 aromatic heterocycles. The van der Waals surface area contributed by atoms with Crippen LogP contribution < -0.4 is 5.73 Å². The van der Waals surface area contributed by atoms with Crippen LogP contribution in [0.15, 0.2) is 28.8 Å². The molecule has 1 aliphatic rings. The third kappa shape index (κ3) is 2.19. The number of anilines is 1. The average Bonchev–Trinajstić information content (AvgIpc) is 2.83. The molecule has 0 saturated heterocycles. The largest absolute Gasteiger partial charge is 0.399 e. The van der Waals surface area contributed by atoms with E-state index in [9.17, 15) is 4.79 Å². The number of carbonyl (C=O) groups excluding carboxylic acids is 1. The second kappa shape index (κ2) is 4.42. The number of hydrogen-bond acceptors (Lipinski definition) is 4. The summed E-state index contributed by atoms with van der Waals surface area (Å²) in [5.41, 5.74) is 9.59. The van der Waals surface area contributed by atoms with Gasteiger partial charge >= 0.3 is 0 Å². The van der Waals surface area contributed by atoms with Crippen molar-refractivity contribution in [1.82, 2.24) is 10.1 Å². The Kier molecular flexibility index (Phi) is 2.74. The first-order chi connectivity index (χ1) is 9.13. The summed E-state index contributed by atoms with van der Waals surface area (Å²) in [5.74, 6) is 0.179. The first-order valence-corrected chi connectivity index (χ1v) is 6.23. The number of amides is 1. The number of benzene rings is 1. The van der Waals surface area contributed by atoms with E-state index in [2.05, 4.69) is 5.16 Å². The lowest BCUT2D eigenvalue weighted by Crippen LogP contribution is -2.35. The molecule has 1 aliphatic heterocycles. The Bertz CT molecular complexity index is 633. The zero-order valence-corrected chi connectivity index (χ0v) is 10.7. The number of carbonyl (C=O) groups is 1. The van der Waals surface area contributed by atoms with E-state index in [-0.39, 0.29) is 5.91 Å². The van der Waals surface area contributed by atoms with Crippen LogP contribution in [0.5, 0.6) is 0 Å². The molecule has 0 saturated carbocycles. The van der Waals surface area contributed by atoms with Gasteiger partial charge in [0.1, 0.15) is 0 Å². The molecule has 0 bridgehead atoms. The van der Waals surface area contributed by atoms with Crippen LogP contribution in [-0.2, 0) is 13.0 Å². The predicted octanol–water partition coefficient (Wildman–Crippen LogP) is 1.76. The zero-order chi connectivity index (χ0) is 13.4. The lowest BCUT2D eigenvalue weighted by atomic mass is 9.99. The van der Waals surface area contributed by atoms with Gasteiger partial charge in [0.15, 0.2) is 0 Å². The van der Waals surface area contributed by atoms with Crippen LogP contribution >= 0.6 is 0 Å². The quantitative estimate of drug-likeness (QED) is 0.790. The van der Waals surface area contributed by atoms with Gasteiger partial charge in [0.25, 0.3) is 5.91 Å². The lowest BCUT2D eigenvalue weighted by molar-refractivity contribution is 0.0692. The van der Waals surface area contributed by atoms with Crippen molar-refractivity contribution in [2.24, 2.45) is 0 Å². The highest BCUT2D eigenvalue weighted by atomic mass is 16.5. The molecule has 0 radical (unpaired) electrons. The number of fused-ring (bicyclic) bond motifs is 1. The Balaban J connectivity index is 1.83. The summed E-state index contributed by atoms with van der Waals surface area (Å²) >= 11 is 0. The van der Waals surface area contributed by atoms with Crippen molar-refractivity contribution >= 4 is 11.6 Å². The van der Waals surface area contributed by atoms with Crippen LogP contribution in [0.2, 0.25) is 0 Å². The molecule has 2 aromatic rings. The van der Waals surface area contributed by atoms with Crippen LogP contribution in [0.3, 0.4) is 0 Å². The van der Waals surface area contributed by atoms with E-state index < -0.39 is 0 Å². The maximum Gasteiger partial charge on any atom is 0.292 e. The van der Waals surface area contributed by atoms with Gasteiger partial charge in [-0.05, 0) is 36.6 Å². The molecule has 1 amide bonds. The fraction of sp³-hybridized carbons (Fsp3) is 0.286. The molecule has 98 valence electrons. The monoisotopic (exact) mass is 257 g/mol. The Hall–Kier alpha value is -2.30. The first kappa shape index (κ1) is 11.8. The third-order valence-electron chi connectivity index (χ3n) is 3.37. The van der Waals surface area contributed by atoms with Crippen molar-refractivity contribution in [3.63, 3.8) is 0 Å². The Labute approximate surface area is 111 Å². The number of aryl methyl sites for hydroxylation is 1. The predicted molar refractivity (Wildman–Crippen MR) is 70.5 cm³/mol. The van der Waals surface area contributed by atoms with Crippen molar-refractivity contribution in [3.8, 4) is 0 Å². The van der Waals surface area contributed by atoms with E-state index in [4.69, 9.17) is 10.3 Å². The molecular formula is C14H15N3O2. The molecule has 3 rings (SSSR count). The summed E-state index contributed by atoms with van der Waals surface area (Å²) in [6, 6.07) is 7.53. The minimum absolute atomic E-state index is 0.117. The molecule has 0 fully saturated rings. The van der Waals surface area contributed by atoms with Gasteiger partial charge in [0.05, 0.1) is 5.69 Å². The van der Waals surface area contributed by atoms with Crippen molar-refractivity contribution in [2.45, 2.75) is 19.9 Å². The number of nitrogens with zero attached hydrogens (tertiary/aromatic N) is 2. The van der Waals surface area contributed by atoms with E-state index in [1.54, 1.807) is 17.9 Å². The third-order valence-corrected chi connectivity index (χ3v) is 3.37. The van der Waals surface area contributed by atoms with E-state index in [0.29, 0.717) is 24.5 Å². The Morgan fingerprint density at radius 3 is 2.95 bits per heavy atom. The maximum absolute atomic E-state index is 12.3. The summed E-state index contributed by atoms with van der Waals surface area (Å²) in [6.45, 7) is 3.06. The SMILES string of the molecule is Cc1cc(C(=O)N2CCc3ccc(N)cc3C2)on1. The topological polar surface area (TPSA) is 72.4 Å². The smallest absolute Gasteiger partial charge is 0.292 e. The highest BCUT2D eigenvalue weighted by Gasteiger charge is 2.24. The van der Waals surface area contributed by atoms with Crippen molar-refractivity contribution in [1.29, 1.82) is 0 Å². The number of rotatable bonds is 1. The normalized spacial score (nSPS) is 14.3. The van der Waals surface area contributed by atoms with E-state index >= 15 is 0 Å². The summed E-state index contributed by atoms with van der Waals surface area (Å²) in [6.07, 6.45) is 0.842. The standard InChI is InChI=1S/C14H15N3O2/c1-9-6-13(19-16-9)14(18)17-5-4-10-2-3-12(15)7-11(10)8-17/h2-3,6-7H,4-5,8,15H2,1H3. The van der Waals surface area contributed by atoms with Crippen molar-refractivity contribution in [3.05, 3.63) is 46.8 Å². The van der Waals surface area contributed by atoms with Gasteiger partial charge in [-0.1, -0.05) is 11.2 Å². The van der Waals surface area contributed by atoms with Gasteiger partial charge in [-0.2, -0.15) is 0 Å². The molecule has 5 heteroatoms. The molecule has 2 N–H and O–H groups in total. The molecule has 2 heterocycles. The molecule has 19 heavy (non-hydrogen) atoms. The second-order valence-electron chi connectivity index (χ2n) is 4.84. The highest BCUT2D eigenvalue weighted by Crippen LogP contribution is 2.22. The van der Waals surface area contributed by atoms with E-state index in [0.717, 1.165) is 17.7 Å². The van der Waals surface area contributed by atoms with Crippen LogP contribution in [0.25, 0.3) is 0 Å². The molecule has 0 atom stereocenters. The summed E-state index contributed by atoms with van der Waals surface area (Å²) < 4.78 is 5.03.